The fourth-order valence-corrected chi connectivity index (χ4v) is 2.40. The van der Waals surface area contributed by atoms with Crippen molar-refractivity contribution in [2.24, 2.45) is 5.41 Å². The summed E-state index contributed by atoms with van der Waals surface area (Å²) < 4.78 is 6.10. The maximum absolute atomic E-state index is 6.10. The summed E-state index contributed by atoms with van der Waals surface area (Å²) in [4.78, 5) is 2.23. The van der Waals surface area contributed by atoms with Gasteiger partial charge >= 0.3 is 0 Å². The highest BCUT2D eigenvalue weighted by Gasteiger charge is 2.21. The van der Waals surface area contributed by atoms with Crippen molar-refractivity contribution in [3.05, 3.63) is 59.9 Å². The zero-order valence-corrected chi connectivity index (χ0v) is 11.7. The van der Waals surface area contributed by atoms with Crippen LogP contribution in [0.25, 0.3) is 0 Å². The summed E-state index contributed by atoms with van der Waals surface area (Å²) in [7, 11) is 2.10. The van der Waals surface area contributed by atoms with Crippen LogP contribution in [0.15, 0.2) is 59.9 Å². The van der Waals surface area contributed by atoms with Crippen molar-refractivity contribution in [2.45, 2.75) is 13.8 Å². The molecule has 1 aromatic carbocycles. The number of benzene rings is 1. The summed E-state index contributed by atoms with van der Waals surface area (Å²) in [5.41, 5.74) is 2.44. The van der Waals surface area contributed by atoms with Crippen molar-refractivity contribution in [2.75, 3.05) is 18.5 Å². The first-order chi connectivity index (χ1) is 9.05. The number of nitrogens with zero attached hydrogens (tertiary/aromatic N) is 1. The van der Waals surface area contributed by atoms with Crippen molar-refractivity contribution in [3.63, 3.8) is 0 Å². The van der Waals surface area contributed by atoms with Crippen LogP contribution in [-0.2, 0) is 0 Å². The van der Waals surface area contributed by atoms with E-state index in [4.69, 9.17) is 4.74 Å². The Bertz CT molecular complexity index is 593. The maximum atomic E-state index is 6.10. The molecule has 2 heteroatoms. The van der Waals surface area contributed by atoms with E-state index in [9.17, 15) is 0 Å². The minimum absolute atomic E-state index is 0.0770. The van der Waals surface area contributed by atoms with Gasteiger partial charge in [-0.05, 0) is 18.2 Å². The maximum Gasteiger partial charge on any atom is 0.150 e. The Hall–Kier alpha value is -1.96. The molecule has 0 unspecified atom stereocenters. The average Bonchev–Trinajstić information content (AvgIpc) is 2.60. The molecule has 0 fully saturated rings. The van der Waals surface area contributed by atoms with Crippen molar-refractivity contribution in [3.8, 4) is 5.75 Å². The quantitative estimate of drug-likeness (QED) is 0.695. The Morgan fingerprint density at radius 1 is 1.11 bits per heavy atom. The molecule has 2 nitrogen and oxygen atoms in total. The van der Waals surface area contributed by atoms with Crippen LogP contribution in [0.5, 0.6) is 5.75 Å². The van der Waals surface area contributed by atoms with Gasteiger partial charge in [-0.2, -0.15) is 0 Å². The third-order valence-corrected chi connectivity index (χ3v) is 3.60. The van der Waals surface area contributed by atoms with Gasteiger partial charge in [0, 0.05) is 24.6 Å². The molecular formula is C17H19NO. The van der Waals surface area contributed by atoms with Crippen LogP contribution in [0, 0.1) is 5.41 Å². The minimum Gasteiger partial charge on any atom is -0.455 e. The molecule has 0 spiro atoms. The summed E-state index contributed by atoms with van der Waals surface area (Å²) in [5.74, 6) is 1.88. The monoisotopic (exact) mass is 253 g/mol. The largest absolute Gasteiger partial charge is 0.455 e. The molecule has 0 N–H and O–H groups in total. The molecule has 1 heterocycles. The molecule has 0 amide bonds. The van der Waals surface area contributed by atoms with E-state index in [2.05, 4.69) is 56.2 Å². The molecule has 0 bridgehead atoms. The summed E-state index contributed by atoms with van der Waals surface area (Å²) in [6.45, 7) is 5.26. The van der Waals surface area contributed by atoms with E-state index in [-0.39, 0.29) is 5.41 Å². The standard InChI is InChI=1S/C17H19NO/c1-17(2)10-8-13-12-18(3)14-6-4-5-7-16(14)19-15(13)9-11-17/h4-11H,12H2,1-3H3. The van der Waals surface area contributed by atoms with E-state index in [1.165, 1.54) is 5.57 Å². The van der Waals surface area contributed by atoms with Crippen molar-refractivity contribution in [1.29, 1.82) is 0 Å². The summed E-state index contributed by atoms with van der Waals surface area (Å²) in [5, 5.41) is 0. The van der Waals surface area contributed by atoms with Gasteiger partial charge in [0.2, 0.25) is 0 Å². The van der Waals surface area contributed by atoms with Gasteiger partial charge in [-0.3, -0.25) is 0 Å². The number of hydrogen-bond acceptors (Lipinski definition) is 2. The summed E-state index contributed by atoms with van der Waals surface area (Å²) >= 11 is 0. The number of anilines is 1. The van der Waals surface area contributed by atoms with Gasteiger partial charge in [0.15, 0.2) is 5.75 Å². The lowest BCUT2D eigenvalue weighted by Crippen LogP contribution is -2.18. The highest BCUT2D eigenvalue weighted by molar-refractivity contribution is 5.62. The number of hydrogen-bond donors (Lipinski definition) is 0. The van der Waals surface area contributed by atoms with Gasteiger partial charge in [0.25, 0.3) is 0 Å². The third-order valence-electron chi connectivity index (χ3n) is 3.60. The molecular weight excluding hydrogens is 234 g/mol. The summed E-state index contributed by atoms with van der Waals surface area (Å²) in [6.07, 6.45) is 8.72. The van der Waals surface area contributed by atoms with E-state index in [0.717, 1.165) is 23.7 Å². The topological polar surface area (TPSA) is 12.5 Å². The lowest BCUT2D eigenvalue weighted by Gasteiger charge is -2.19. The number of ether oxygens (including phenoxy) is 1. The Kier molecular flexibility index (Phi) is 2.74. The lowest BCUT2D eigenvalue weighted by molar-refractivity contribution is 0.444. The van der Waals surface area contributed by atoms with Gasteiger partial charge in [0.05, 0.1) is 5.69 Å². The SMILES string of the molecule is CN1CC2=C(C=CC(C)(C)C=C2)Oc2ccccc21. The molecule has 2 aliphatic rings. The van der Waals surface area contributed by atoms with Crippen LogP contribution in [0.4, 0.5) is 5.69 Å². The smallest absolute Gasteiger partial charge is 0.150 e. The van der Waals surface area contributed by atoms with E-state index < -0.39 is 0 Å². The molecule has 0 saturated heterocycles. The molecule has 98 valence electrons. The van der Waals surface area contributed by atoms with Crippen LogP contribution >= 0.6 is 0 Å². The van der Waals surface area contributed by atoms with E-state index in [1.807, 2.05) is 18.2 Å². The van der Waals surface area contributed by atoms with Crippen LogP contribution in [0.2, 0.25) is 0 Å². The van der Waals surface area contributed by atoms with Gasteiger partial charge in [-0.15, -0.1) is 0 Å². The highest BCUT2D eigenvalue weighted by Crippen LogP contribution is 2.35. The minimum atomic E-state index is 0.0770. The first-order valence-corrected chi connectivity index (χ1v) is 6.65. The van der Waals surface area contributed by atoms with Gasteiger partial charge in [-0.1, -0.05) is 44.2 Å². The van der Waals surface area contributed by atoms with Crippen LogP contribution in [0.3, 0.4) is 0 Å². The van der Waals surface area contributed by atoms with Crippen molar-refractivity contribution in [1.82, 2.24) is 0 Å². The number of fused-ring (bicyclic) bond motifs is 1. The van der Waals surface area contributed by atoms with Gasteiger partial charge in [0.1, 0.15) is 5.76 Å². The molecule has 0 radical (unpaired) electrons. The molecule has 0 aromatic heterocycles. The number of allylic oxidation sites excluding steroid dienone is 3. The molecule has 1 aromatic rings. The van der Waals surface area contributed by atoms with Crippen molar-refractivity contribution < 1.29 is 4.74 Å². The Labute approximate surface area is 114 Å². The number of para-hydroxylation sites is 2. The van der Waals surface area contributed by atoms with Crippen LogP contribution < -0.4 is 9.64 Å². The highest BCUT2D eigenvalue weighted by atomic mass is 16.5. The van der Waals surface area contributed by atoms with E-state index >= 15 is 0 Å². The second-order valence-electron chi connectivity index (χ2n) is 5.80. The average molecular weight is 253 g/mol. The lowest BCUT2D eigenvalue weighted by atomic mass is 9.93. The molecule has 1 aliphatic carbocycles. The number of likely N-dealkylation sites (N-methyl/N-ethyl adjacent to an activating group) is 1. The Morgan fingerprint density at radius 3 is 2.68 bits per heavy atom. The molecule has 3 rings (SSSR count). The predicted octanol–water partition coefficient (Wildman–Crippen LogP) is 3.92. The zero-order valence-electron chi connectivity index (χ0n) is 11.7. The second kappa shape index (κ2) is 4.30. The first kappa shape index (κ1) is 12.1. The van der Waals surface area contributed by atoms with Gasteiger partial charge < -0.3 is 9.64 Å². The molecule has 0 atom stereocenters. The fraction of sp³-hybridized carbons (Fsp3) is 0.294. The van der Waals surface area contributed by atoms with Crippen molar-refractivity contribution >= 4 is 5.69 Å². The number of rotatable bonds is 0. The van der Waals surface area contributed by atoms with E-state index in [1.54, 1.807) is 0 Å². The van der Waals surface area contributed by atoms with Crippen LogP contribution in [0.1, 0.15) is 13.8 Å². The normalized spacial score (nSPS) is 20.3. The predicted molar refractivity (Wildman–Crippen MR) is 79.4 cm³/mol. The van der Waals surface area contributed by atoms with E-state index in [0.29, 0.717) is 0 Å². The molecule has 19 heavy (non-hydrogen) atoms. The third kappa shape index (κ3) is 2.30. The Balaban J connectivity index is 2.05. The summed E-state index contributed by atoms with van der Waals surface area (Å²) in [6, 6.07) is 8.18. The first-order valence-electron chi connectivity index (χ1n) is 6.65. The Morgan fingerprint density at radius 2 is 1.84 bits per heavy atom. The molecule has 1 aliphatic heterocycles. The fourth-order valence-electron chi connectivity index (χ4n) is 2.40. The molecule has 0 saturated carbocycles. The van der Waals surface area contributed by atoms with Gasteiger partial charge in [-0.25, -0.2) is 0 Å². The van der Waals surface area contributed by atoms with Crippen LogP contribution in [-0.4, -0.2) is 13.6 Å². The zero-order chi connectivity index (χ0) is 13.5. The second-order valence-corrected chi connectivity index (χ2v) is 5.80.